The molecule has 0 atom stereocenters. The van der Waals surface area contributed by atoms with Crippen LogP contribution in [0.4, 0.5) is 0 Å². The van der Waals surface area contributed by atoms with E-state index < -0.39 is 0 Å². The number of hydrogen-bond acceptors (Lipinski definition) is 3. The van der Waals surface area contributed by atoms with Crippen LogP contribution in [0, 0.1) is 0 Å². The van der Waals surface area contributed by atoms with Gasteiger partial charge in [-0.2, -0.15) is 0 Å². The first-order valence-electron chi connectivity index (χ1n) is 3.34. The molecule has 0 fully saturated rings. The Hall–Kier alpha value is -0.670. The van der Waals surface area contributed by atoms with E-state index in [4.69, 9.17) is 9.47 Å². The van der Waals surface area contributed by atoms with Crippen molar-refractivity contribution in [2.75, 3.05) is 13.0 Å². The van der Waals surface area contributed by atoms with Gasteiger partial charge < -0.3 is 9.47 Å². The average Bonchev–Trinajstić information content (AvgIpc) is 2.00. The predicted molar refractivity (Wildman–Crippen MR) is 44.2 cm³/mol. The Morgan fingerprint density at radius 1 is 1.55 bits per heavy atom. The summed E-state index contributed by atoms with van der Waals surface area (Å²) >= 11 is 1.64. The molecule has 0 unspecified atom stereocenters. The van der Waals surface area contributed by atoms with Gasteiger partial charge in [-0.15, -0.1) is 0 Å². The van der Waals surface area contributed by atoms with E-state index in [2.05, 4.69) is 6.07 Å². The van der Waals surface area contributed by atoms with Gasteiger partial charge in [0, 0.05) is 13.2 Å². The standard InChI is InChI=1S/C8H8O2S/c1-9-5-11-8-3-2-6-4-7(8)10-6/h2-4H,5H2,1H3. The Bertz CT molecular complexity index is 269. The monoisotopic (exact) mass is 168 g/mol. The zero-order chi connectivity index (χ0) is 7.68. The van der Waals surface area contributed by atoms with Gasteiger partial charge >= 0.3 is 0 Å². The highest BCUT2D eigenvalue weighted by atomic mass is 32.2. The zero-order valence-corrected chi connectivity index (χ0v) is 6.98. The lowest BCUT2D eigenvalue weighted by Gasteiger charge is -2.19. The zero-order valence-electron chi connectivity index (χ0n) is 6.16. The number of hydrogen-bond donors (Lipinski definition) is 0. The molecule has 0 N–H and O–H groups in total. The molecule has 2 nitrogen and oxygen atoms in total. The second-order valence-electron chi connectivity index (χ2n) is 2.26. The van der Waals surface area contributed by atoms with Crippen molar-refractivity contribution in [3.8, 4) is 11.5 Å². The van der Waals surface area contributed by atoms with Crippen molar-refractivity contribution < 1.29 is 9.47 Å². The van der Waals surface area contributed by atoms with Gasteiger partial charge in [-0.1, -0.05) is 11.8 Å². The number of benzene rings is 1. The number of methoxy groups -OCH3 is 1. The van der Waals surface area contributed by atoms with E-state index in [-0.39, 0.29) is 0 Å². The Morgan fingerprint density at radius 3 is 2.91 bits per heavy atom. The third kappa shape index (κ3) is 1.21. The molecular weight excluding hydrogens is 160 g/mol. The van der Waals surface area contributed by atoms with Crippen LogP contribution in [0.2, 0.25) is 0 Å². The second-order valence-corrected chi connectivity index (χ2v) is 3.23. The summed E-state index contributed by atoms with van der Waals surface area (Å²) in [5, 5.41) is 0. The van der Waals surface area contributed by atoms with Gasteiger partial charge in [0.25, 0.3) is 0 Å². The van der Waals surface area contributed by atoms with Gasteiger partial charge in [-0.3, -0.25) is 0 Å². The van der Waals surface area contributed by atoms with E-state index in [1.54, 1.807) is 18.9 Å². The molecule has 0 aliphatic carbocycles. The van der Waals surface area contributed by atoms with Gasteiger partial charge in [0.1, 0.15) is 11.5 Å². The first-order valence-corrected chi connectivity index (χ1v) is 4.32. The van der Waals surface area contributed by atoms with Crippen molar-refractivity contribution in [1.29, 1.82) is 0 Å². The van der Waals surface area contributed by atoms with Gasteiger partial charge in [-0.05, 0) is 12.1 Å². The van der Waals surface area contributed by atoms with Gasteiger partial charge in [0.2, 0.25) is 0 Å². The fourth-order valence-corrected chi connectivity index (χ4v) is 1.59. The van der Waals surface area contributed by atoms with Gasteiger partial charge in [0.15, 0.2) is 0 Å². The lowest BCUT2D eigenvalue weighted by molar-refractivity contribution is 0.258. The summed E-state index contributed by atoms with van der Waals surface area (Å²) in [6.45, 7) is 0. The van der Waals surface area contributed by atoms with Crippen molar-refractivity contribution in [1.82, 2.24) is 0 Å². The SMILES string of the molecule is COCSc1ccc2cc1O2. The maximum atomic E-state index is 5.26. The summed E-state index contributed by atoms with van der Waals surface area (Å²) in [4.78, 5) is 1.15. The topological polar surface area (TPSA) is 18.5 Å². The lowest BCUT2D eigenvalue weighted by atomic mass is 10.2. The predicted octanol–water partition coefficient (Wildman–Crippen LogP) is 2.49. The van der Waals surface area contributed by atoms with E-state index in [9.17, 15) is 0 Å². The molecule has 2 bridgehead atoms. The van der Waals surface area contributed by atoms with E-state index in [1.165, 1.54) is 0 Å². The third-order valence-electron chi connectivity index (χ3n) is 1.48. The molecule has 0 radical (unpaired) electrons. The van der Waals surface area contributed by atoms with Crippen LogP contribution in [0.5, 0.6) is 11.5 Å². The fraction of sp³-hybridized carbons (Fsp3) is 0.250. The number of ether oxygens (including phenoxy) is 2. The summed E-state index contributed by atoms with van der Waals surface area (Å²) < 4.78 is 10.2. The molecule has 3 heteroatoms. The Labute approximate surface area is 69.5 Å². The van der Waals surface area contributed by atoms with Crippen molar-refractivity contribution in [2.45, 2.75) is 4.90 Å². The maximum Gasteiger partial charge on any atom is 0.144 e. The number of thioether (sulfide) groups is 1. The van der Waals surface area contributed by atoms with Crippen LogP contribution >= 0.6 is 11.8 Å². The molecule has 0 saturated carbocycles. The van der Waals surface area contributed by atoms with Crippen LogP contribution in [0.3, 0.4) is 0 Å². The van der Waals surface area contributed by atoms with Crippen LogP contribution in [0.15, 0.2) is 23.1 Å². The number of fused-ring (bicyclic) bond motifs is 2. The minimum atomic E-state index is 0.676. The van der Waals surface area contributed by atoms with Crippen molar-refractivity contribution in [2.24, 2.45) is 0 Å². The van der Waals surface area contributed by atoms with Crippen LogP contribution in [-0.2, 0) is 4.74 Å². The fourth-order valence-electron chi connectivity index (χ4n) is 0.942. The van der Waals surface area contributed by atoms with Crippen LogP contribution in [0.25, 0.3) is 0 Å². The van der Waals surface area contributed by atoms with Crippen LogP contribution < -0.4 is 4.74 Å². The summed E-state index contributed by atoms with van der Waals surface area (Å²) in [6.07, 6.45) is 0. The normalized spacial score (nSPS) is 12.1. The highest BCUT2D eigenvalue weighted by Gasteiger charge is 2.14. The molecule has 1 aromatic rings. The molecule has 0 spiro atoms. The minimum absolute atomic E-state index is 0.676. The van der Waals surface area contributed by atoms with Crippen LogP contribution in [0.1, 0.15) is 0 Å². The maximum absolute atomic E-state index is 5.26. The Balaban J connectivity index is 2.09. The first kappa shape index (κ1) is 7.00. The highest BCUT2D eigenvalue weighted by molar-refractivity contribution is 7.99. The highest BCUT2D eigenvalue weighted by Crippen LogP contribution is 2.42. The molecular formula is C8H8O2S. The molecule has 1 aromatic carbocycles. The van der Waals surface area contributed by atoms with Crippen molar-refractivity contribution >= 4 is 11.8 Å². The largest absolute Gasteiger partial charge is 0.456 e. The second kappa shape index (κ2) is 2.75. The van der Waals surface area contributed by atoms with E-state index in [0.29, 0.717) is 5.94 Å². The molecule has 2 heterocycles. The molecule has 0 aromatic heterocycles. The summed E-state index contributed by atoms with van der Waals surface area (Å²) in [5.41, 5.74) is 0. The van der Waals surface area contributed by atoms with Gasteiger partial charge in [0.05, 0.1) is 10.8 Å². The smallest absolute Gasteiger partial charge is 0.144 e. The molecule has 58 valence electrons. The molecule has 0 amide bonds. The molecule has 11 heavy (non-hydrogen) atoms. The summed E-state index contributed by atoms with van der Waals surface area (Å²) in [7, 11) is 1.69. The molecule has 2 aliphatic heterocycles. The van der Waals surface area contributed by atoms with Gasteiger partial charge in [-0.25, -0.2) is 0 Å². The third-order valence-corrected chi connectivity index (χ3v) is 2.48. The van der Waals surface area contributed by atoms with E-state index >= 15 is 0 Å². The van der Waals surface area contributed by atoms with Crippen molar-refractivity contribution in [3.05, 3.63) is 18.2 Å². The van der Waals surface area contributed by atoms with Crippen molar-refractivity contribution in [3.63, 3.8) is 0 Å². The van der Waals surface area contributed by atoms with E-state index in [0.717, 1.165) is 16.4 Å². The average molecular weight is 168 g/mol. The first-order chi connectivity index (χ1) is 5.40. The summed E-state index contributed by atoms with van der Waals surface area (Å²) in [6, 6.07) is 6.04. The summed E-state index contributed by atoms with van der Waals surface area (Å²) in [5.74, 6) is 2.61. The molecule has 3 rings (SSSR count). The van der Waals surface area contributed by atoms with E-state index in [1.807, 2.05) is 12.1 Å². The molecule has 2 aliphatic rings. The lowest BCUT2D eigenvalue weighted by Crippen LogP contribution is -1.96. The number of rotatable bonds is 3. The molecule has 0 saturated heterocycles. The quantitative estimate of drug-likeness (QED) is 0.518. The van der Waals surface area contributed by atoms with Crippen LogP contribution in [-0.4, -0.2) is 13.0 Å². The minimum Gasteiger partial charge on any atom is -0.456 e. The Morgan fingerprint density at radius 2 is 2.36 bits per heavy atom. The Kier molecular flexibility index (Phi) is 1.75.